The SMILES string of the molecule is Fc1ccc(CCC2COCCN2)cc1. The van der Waals surface area contributed by atoms with E-state index in [2.05, 4.69) is 5.32 Å². The number of aryl methyl sites for hydroxylation is 1. The summed E-state index contributed by atoms with van der Waals surface area (Å²) in [6, 6.07) is 7.17. The van der Waals surface area contributed by atoms with Gasteiger partial charge in [0.1, 0.15) is 5.82 Å². The molecule has 1 aliphatic rings. The maximum absolute atomic E-state index is 12.6. The number of hydrogen-bond donors (Lipinski definition) is 1. The maximum atomic E-state index is 12.6. The second kappa shape index (κ2) is 5.24. The van der Waals surface area contributed by atoms with E-state index in [-0.39, 0.29) is 5.82 Å². The van der Waals surface area contributed by atoms with Gasteiger partial charge in [-0.3, -0.25) is 0 Å². The van der Waals surface area contributed by atoms with Crippen molar-refractivity contribution < 1.29 is 9.13 Å². The number of nitrogens with one attached hydrogen (secondary N) is 1. The van der Waals surface area contributed by atoms with Gasteiger partial charge in [0, 0.05) is 12.6 Å². The number of morpholine rings is 1. The first-order chi connectivity index (χ1) is 7.34. The normalized spacial score (nSPS) is 21.5. The molecule has 0 aliphatic carbocycles. The average molecular weight is 209 g/mol. The van der Waals surface area contributed by atoms with Crippen LogP contribution in [0.25, 0.3) is 0 Å². The van der Waals surface area contributed by atoms with Crippen LogP contribution in [0.15, 0.2) is 24.3 Å². The fraction of sp³-hybridized carbons (Fsp3) is 0.500. The van der Waals surface area contributed by atoms with Crippen molar-refractivity contribution in [3.05, 3.63) is 35.6 Å². The second-order valence-corrected chi connectivity index (χ2v) is 3.89. The molecule has 15 heavy (non-hydrogen) atoms. The largest absolute Gasteiger partial charge is 0.379 e. The van der Waals surface area contributed by atoms with Crippen LogP contribution in [0.2, 0.25) is 0 Å². The Morgan fingerprint density at radius 1 is 1.33 bits per heavy atom. The molecule has 1 N–H and O–H groups in total. The molecular weight excluding hydrogens is 193 g/mol. The quantitative estimate of drug-likeness (QED) is 0.818. The van der Waals surface area contributed by atoms with Gasteiger partial charge >= 0.3 is 0 Å². The molecule has 0 spiro atoms. The first-order valence-electron chi connectivity index (χ1n) is 5.40. The Hall–Kier alpha value is -0.930. The minimum atomic E-state index is -0.169. The predicted octanol–water partition coefficient (Wildman–Crippen LogP) is 1.75. The smallest absolute Gasteiger partial charge is 0.123 e. The standard InChI is InChI=1S/C12H16FNO/c13-11-4-1-10(2-5-11)3-6-12-9-15-8-7-14-12/h1-2,4-5,12,14H,3,6-9H2. The van der Waals surface area contributed by atoms with Crippen LogP contribution in [0.5, 0.6) is 0 Å². The van der Waals surface area contributed by atoms with Gasteiger partial charge in [-0.2, -0.15) is 0 Å². The van der Waals surface area contributed by atoms with Crippen molar-refractivity contribution >= 4 is 0 Å². The molecule has 0 bridgehead atoms. The third-order valence-electron chi connectivity index (χ3n) is 2.69. The van der Waals surface area contributed by atoms with Crippen molar-refractivity contribution in [1.82, 2.24) is 5.32 Å². The van der Waals surface area contributed by atoms with E-state index in [1.54, 1.807) is 0 Å². The molecule has 3 heteroatoms. The summed E-state index contributed by atoms with van der Waals surface area (Å²) in [5, 5.41) is 3.40. The van der Waals surface area contributed by atoms with Gasteiger partial charge in [-0.25, -0.2) is 4.39 Å². The number of rotatable bonds is 3. The lowest BCUT2D eigenvalue weighted by atomic mass is 10.1. The fourth-order valence-electron chi connectivity index (χ4n) is 1.80. The van der Waals surface area contributed by atoms with Crippen molar-refractivity contribution in [1.29, 1.82) is 0 Å². The van der Waals surface area contributed by atoms with Crippen LogP contribution in [0.4, 0.5) is 4.39 Å². The summed E-state index contributed by atoms with van der Waals surface area (Å²) in [6.07, 6.45) is 2.02. The van der Waals surface area contributed by atoms with Crippen LogP contribution in [0.1, 0.15) is 12.0 Å². The summed E-state index contributed by atoms with van der Waals surface area (Å²) >= 11 is 0. The Kier molecular flexibility index (Phi) is 3.69. The van der Waals surface area contributed by atoms with Gasteiger partial charge in [-0.05, 0) is 30.5 Å². The number of halogens is 1. The Bertz CT molecular complexity index is 293. The second-order valence-electron chi connectivity index (χ2n) is 3.89. The zero-order valence-corrected chi connectivity index (χ0v) is 8.71. The van der Waals surface area contributed by atoms with Crippen molar-refractivity contribution in [2.24, 2.45) is 0 Å². The summed E-state index contributed by atoms with van der Waals surface area (Å²) < 4.78 is 18.0. The first kappa shape index (κ1) is 10.6. The highest BCUT2D eigenvalue weighted by Gasteiger charge is 2.12. The van der Waals surface area contributed by atoms with Gasteiger partial charge in [0.2, 0.25) is 0 Å². The zero-order chi connectivity index (χ0) is 10.5. The molecule has 0 aromatic heterocycles. The van der Waals surface area contributed by atoms with Crippen molar-refractivity contribution in [2.45, 2.75) is 18.9 Å². The predicted molar refractivity (Wildman–Crippen MR) is 57.3 cm³/mol. The van der Waals surface area contributed by atoms with Gasteiger partial charge < -0.3 is 10.1 Å². The molecule has 0 saturated carbocycles. The summed E-state index contributed by atoms with van der Waals surface area (Å²) in [7, 11) is 0. The molecule has 2 rings (SSSR count). The van der Waals surface area contributed by atoms with Crippen molar-refractivity contribution in [3.8, 4) is 0 Å². The molecule has 2 nitrogen and oxygen atoms in total. The van der Waals surface area contributed by atoms with Gasteiger partial charge in [0.25, 0.3) is 0 Å². The summed E-state index contributed by atoms with van der Waals surface area (Å²) in [6.45, 7) is 2.54. The third-order valence-corrected chi connectivity index (χ3v) is 2.69. The van der Waals surface area contributed by atoms with E-state index in [0.29, 0.717) is 6.04 Å². The lowest BCUT2D eigenvalue weighted by Crippen LogP contribution is -2.41. The molecular formula is C12H16FNO. The topological polar surface area (TPSA) is 21.3 Å². The minimum Gasteiger partial charge on any atom is -0.379 e. The highest BCUT2D eigenvalue weighted by Crippen LogP contribution is 2.08. The van der Waals surface area contributed by atoms with E-state index in [1.807, 2.05) is 12.1 Å². The Morgan fingerprint density at radius 2 is 2.13 bits per heavy atom. The van der Waals surface area contributed by atoms with Crippen LogP contribution in [0.3, 0.4) is 0 Å². The van der Waals surface area contributed by atoms with Gasteiger partial charge in [0.05, 0.1) is 13.2 Å². The Balaban J connectivity index is 1.79. The first-order valence-corrected chi connectivity index (χ1v) is 5.40. The molecule has 1 unspecified atom stereocenters. The van der Waals surface area contributed by atoms with E-state index in [0.717, 1.165) is 32.6 Å². The molecule has 82 valence electrons. The van der Waals surface area contributed by atoms with E-state index in [1.165, 1.54) is 17.7 Å². The molecule has 1 aliphatic heterocycles. The lowest BCUT2D eigenvalue weighted by Gasteiger charge is -2.23. The molecule has 1 fully saturated rings. The van der Waals surface area contributed by atoms with Crippen LogP contribution in [-0.2, 0) is 11.2 Å². The lowest BCUT2D eigenvalue weighted by molar-refractivity contribution is 0.0743. The van der Waals surface area contributed by atoms with E-state index in [9.17, 15) is 4.39 Å². The molecule has 1 aromatic rings. The van der Waals surface area contributed by atoms with E-state index < -0.39 is 0 Å². The van der Waals surface area contributed by atoms with Gasteiger partial charge in [0.15, 0.2) is 0 Å². The highest BCUT2D eigenvalue weighted by atomic mass is 19.1. The van der Waals surface area contributed by atoms with Crippen molar-refractivity contribution in [3.63, 3.8) is 0 Å². The Morgan fingerprint density at radius 3 is 2.80 bits per heavy atom. The van der Waals surface area contributed by atoms with Crippen LogP contribution >= 0.6 is 0 Å². The van der Waals surface area contributed by atoms with Crippen molar-refractivity contribution in [2.75, 3.05) is 19.8 Å². The van der Waals surface area contributed by atoms with E-state index in [4.69, 9.17) is 4.74 Å². The summed E-state index contributed by atoms with van der Waals surface area (Å²) in [5.74, 6) is -0.169. The number of benzene rings is 1. The third kappa shape index (κ3) is 3.29. The zero-order valence-electron chi connectivity index (χ0n) is 8.71. The summed E-state index contributed by atoms with van der Waals surface area (Å²) in [4.78, 5) is 0. The molecule has 1 atom stereocenters. The highest BCUT2D eigenvalue weighted by molar-refractivity contribution is 5.16. The molecule has 0 radical (unpaired) electrons. The molecule has 1 aromatic carbocycles. The Labute approximate surface area is 89.4 Å². The minimum absolute atomic E-state index is 0.169. The van der Waals surface area contributed by atoms with Crippen LogP contribution in [-0.4, -0.2) is 25.8 Å². The maximum Gasteiger partial charge on any atom is 0.123 e. The van der Waals surface area contributed by atoms with Gasteiger partial charge in [-0.1, -0.05) is 12.1 Å². The average Bonchev–Trinajstić information content (AvgIpc) is 2.30. The molecule has 1 heterocycles. The van der Waals surface area contributed by atoms with E-state index >= 15 is 0 Å². The number of ether oxygens (including phenoxy) is 1. The number of hydrogen-bond acceptors (Lipinski definition) is 2. The fourth-order valence-corrected chi connectivity index (χ4v) is 1.80. The summed E-state index contributed by atoms with van der Waals surface area (Å²) in [5.41, 5.74) is 1.18. The molecule has 0 amide bonds. The van der Waals surface area contributed by atoms with Gasteiger partial charge in [-0.15, -0.1) is 0 Å². The monoisotopic (exact) mass is 209 g/mol. The van der Waals surface area contributed by atoms with Crippen LogP contribution < -0.4 is 5.32 Å². The van der Waals surface area contributed by atoms with Crippen LogP contribution in [0, 0.1) is 5.82 Å². The molecule has 1 saturated heterocycles.